The summed E-state index contributed by atoms with van der Waals surface area (Å²) in [6, 6.07) is 1.40. The number of nitrogens with zero attached hydrogens (tertiary/aromatic N) is 3. The van der Waals surface area contributed by atoms with Crippen LogP contribution in [0.15, 0.2) is 16.7 Å². The van der Waals surface area contributed by atoms with E-state index in [4.69, 9.17) is 4.42 Å². The molecule has 0 atom stereocenters. The van der Waals surface area contributed by atoms with Crippen molar-refractivity contribution in [1.82, 2.24) is 9.97 Å². The van der Waals surface area contributed by atoms with Gasteiger partial charge in [-0.25, -0.2) is 9.97 Å². The van der Waals surface area contributed by atoms with Crippen LogP contribution >= 0.6 is 0 Å². The lowest BCUT2D eigenvalue weighted by atomic mass is 10.2. The quantitative estimate of drug-likeness (QED) is 0.672. The van der Waals surface area contributed by atoms with Gasteiger partial charge in [0.15, 0.2) is 0 Å². The molecule has 7 nitrogen and oxygen atoms in total. The molecule has 2 heterocycles. The van der Waals surface area contributed by atoms with E-state index in [9.17, 15) is 10.1 Å². The van der Waals surface area contributed by atoms with Crippen molar-refractivity contribution in [2.75, 3.05) is 5.32 Å². The number of hydrogen-bond donors (Lipinski definition) is 1. The lowest BCUT2D eigenvalue weighted by Gasteiger charge is -2.03. The first-order valence-electron chi connectivity index (χ1n) is 5.75. The molecule has 2 aromatic heterocycles. The van der Waals surface area contributed by atoms with Crippen LogP contribution in [0.5, 0.6) is 0 Å². The summed E-state index contributed by atoms with van der Waals surface area (Å²) < 4.78 is 5.40. The van der Waals surface area contributed by atoms with Crippen LogP contribution < -0.4 is 5.32 Å². The largest absolute Gasteiger partial charge is 0.444 e. The van der Waals surface area contributed by atoms with E-state index in [0.717, 1.165) is 11.5 Å². The van der Waals surface area contributed by atoms with Gasteiger partial charge in [0.2, 0.25) is 5.89 Å². The molecular weight excluding hydrogens is 248 g/mol. The highest BCUT2D eigenvalue weighted by atomic mass is 16.6. The van der Waals surface area contributed by atoms with E-state index >= 15 is 0 Å². The van der Waals surface area contributed by atoms with Crippen LogP contribution in [-0.4, -0.2) is 14.9 Å². The minimum absolute atomic E-state index is 0.0391. The molecule has 7 heteroatoms. The molecule has 1 N–H and O–H groups in total. The molecule has 0 unspecified atom stereocenters. The highest BCUT2D eigenvalue weighted by Crippen LogP contribution is 2.20. The highest BCUT2D eigenvalue weighted by molar-refractivity contribution is 5.48. The molecule has 2 aromatic rings. The molecule has 0 aliphatic heterocycles. The summed E-state index contributed by atoms with van der Waals surface area (Å²) >= 11 is 0. The van der Waals surface area contributed by atoms with E-state index in [0.29, 0.717) is 23.8 Å². The van der Waals surface area contributed by atoms with Crippen LogP contribution in [0.3, 0.4) is 0 Å². The molecule has 19 heavy (non-hydrogen) atoms. The normalized spacial score (nSPS) is 10.5. The standard InChI is InChI=1S/C12H14N4O3/c1-7-5-13-11(4-10(7)16(17)18)14-6-12-15-8(2)9(3)19-12/h4-5H,6H2,1-3H3,(H,13,14). The Kier molecular flexibility index (Phi) is 3.46. The molecule has 0 amide bonds. The summed E-state index contributed by atoms with van der Waals surface area (Å²) in [4.78, 5) is 18.7. The zero-order valence-electron chi connectivity index (χ0n) is 10.9. The number of nitro groups is 1. The van der Waals surface area contributed by atoms with Gasteiger partial charge in [0.1, 0.15) is 11.6 Å². The number of aryl methyl sites for hydroxylation is 3. The summed E-state index contributed by atoms with van der Waals surface area (Å²) in [6.45, 7) is 5.68. The Labute approximate surface area is 109 Å². The van der Waals surface area contributed by atoms with E-state index in [-0.39, 0.29) is 5.69 Å². The van der Waals surface area contributed by atoms with Crippen LogP contribution in [0.1, 0.15) is 22.9 Å². The number of rotatable bonds is 4. The molecule has 0 fully saturated rings. The first kappa shape index (κ1) is 13.0. The lowest BCUT2D eigenvalue weighted by Crippen LogP contribution is -2.03. The van der Waals surface area contributed by atoms with Crippen LogP contribution in [-0.2, 0) is 6.54 Å². The Morgan fingerprint density at radius 2 is 2.16 bits per heavy atom. The lowest BCUT2D eigenvalue weighted by molar-refractivity contribution is -0.385. The molecule has 0 aromatic carbocycles. The van der Waals surface area contributed by atoms with Gasteiger partial charge in [0.05, 0.1) is 23.2 Å². The monoisotopic (exact) mass is 262 g/mol. The van der Waals surface area contributed by atoms with E-state index in [1.54, 1.807) is 6.92 Å². The Balaban J connectivity index is 2.11. The number of aromatic nitrogens is 2. The average molecular weight is 262 g/mol. The van der Waals surface area contributed by atoms with Gasteiger partial charge < -0.3 is 9.73 Å². The van der Waals surface area contributed by atoms with Gasteiger partial charge in [0.25, 0.3) is 5.69 Å². The van der Waals surface area contributed by atoms with Crippen molar-refractivity contribution < 1.29 is 9.34 Å². The van der Waals surface area contributed by atoms with Gasteiger partial charge in [-0.1, -0.05) is 0 Å². The number of pyridine rings is 1. The molecule has 0 radical (unpaired) electrons. The molecule has 0 saturated heterocycles. The van der Waals surface area contributed by atoms with Crippen molar-refractivity contribution in [3.05, 3.63) is 45.3 Å². The maximum absolute atomic E-state index is 10.8. The topological polar surface area (TPSA) is 94.1 Å². The van der Waals surface area contributed by atoms with Crippen LogP contribution in [0.25, 0.3) is 0 Å². The molecule has 0 aliphatic carbocycles. The Bertz CT molecular complexity index is 602. The number of nitrogens with one attached hydrogen (secondary N) is 1. The maximum Gasteiger partial charge on any atom is 0.277 e. The van der Waals surface area contributed by atoms with Gasteiger partial charge >= 0.3 is 0 Å². The summed E-state index contributed by atoms with van der Waals surface area (Å²) in [5, 5.41) is 13.8. The van der Waals surface area contributed by atoms with Gasteiger partial charge in [0, 0.05) is 11.8 Å². The first-order chi connectivity index (χ1) is 8.97. The first-order valence-corrected chi connectivity index (χ1v) is 5.75. The molecule has 100 valence electrons. The second-order valence-electron chi connectivity index (χ2n) is 4.22. The van der Waals surface area contributed by atoms with Crippen molar-refractivity contribution in [2.24, 2.45) is 0 Å². The minimum atomic E-state index is -0.429. The minimum Gasteiger partial charge on any atom is -0.444 e. The maximum atomic E-state index is 10.8. The van der Waals surface area contributed by atoms with Crippen molar-refractivity contribution in [2.45, 2.75) is 27.3 Å². The molecule has 0 aliphatic rings. The summed E-state index contributed by atoms with van der Waals surface area (Å²) in [7, 11) is 0. The van der Waals surface area contributed by atoms with Crippen molar-refractivity contribution in [3.8, 4) is 0 Å². The van der Waals surface area contributed by atoms with Crippen molar-refractivity contribution >= 4 is 11.5 Å². The van der Waals surface area contributed by atoms with E-state index in [1.165, 1.54) is 12.3 Å². The fraction of sp³-hybridized carbons (Fsp3) is 0.333. The highest BCUT2D eigenvalue weighted by Gasteiger charge is 2.12. The number of hydrogen-bond acceptors (Lipinski definition) is 6. The third-order valence-corrected chi connectivity index (χ3v) is 2.76. The Morgan fingerprint density at radius 3 is 2.74 bits per heavy atom. The van der Waals surface area contributed by atoms with Gasteiger partial charge in [-0.2, -0.15) is 0 Å². The zero-order valence-corrected chi connectivity index (χ0v) is 10.9. The van der Waals surface area contributed by atoms with E-state index < -0.39 is 4.92 Å². The smallest absolute Gasteiger partial charge is 0.277 e. The summed E-state index contributed by atoms with van der Waals surface area (Å²) in [6.07, 6.45) is 1.46. The predicted octanol–water partition coefficient (Wildman–Crippen LogP) is 2.52. The Morgan fingerprint density at radius 1 is 1.42 bits per heavy atom. The van der Waals surface area contributed by atoms with E-state index in [2.05, 4.69) is 15.3 Å². The number of anilines is 1. The fourth-order valence-corrected chi connectivity index (χ4v) is 1.59. The molecule has 0 saturated carbocycles. The third kappa shape index (κ3) is 2.87. The van der Waals surface area contributed by atoms with Gasteiger partial charge in [-0.3, -0.25) is 10.1 Å². The Hall–Kier alpha value is -2.44. The van der Waals surface area contributed by atoms with Gasteiger partial charge in [-0.15, -0.1) is 0 Å². The third-order valence-electron chi connectivity index (χ3n) is 2.76. The second kappa shape index (κ2) is 5.05. The number of oxazole rings is 1. The molecule has 0 spiro atoms. The summed E-state index contributed by atoms with van der Waals surface area (Å²) in [5.41, 5.74) is 1.40. The van der Waals surface area contributed by atoms with Gasteiger partial charge in [-0.05, 0) is 20.8 Å². The molecule has 2 rings (SSSR count). The summed E-state index contributed by atoms with van der Waals surface area (Å²) in [5.74, 6) is 1.71. The SMILES string of the molecule is Cc1cnc(NCc2nc(C)c(C)o2)cc1[N+](=O)[O-]. The van der Waals surface area contributed by atoms with E-state index in [1.807, 2.05) is 13.8 Å². The average Bonchev–Trinajstić information content (AvgIpc) is 2.67. The predicted molar refractivity (Wildman–Crippen MR) is 68.9 cm³/mol. The fourth-order valence-electron chi connectivity index (χ4n) is 1.59. The zero-order chi connectivity index (χ0) is 14.0. The van der Waals surface area contributed by atoms with Crippen molar-refractivity contribution in [3.63, 3.8) is 0 Å². The second-order valence-corrected chi connectivity index (χ2v) is 4.22. The molecular formula is C12H14N4O3. The molecule has 0 bridgehead atoms. The van der Waals surface area contributed by atoms with Crippen LogP contribution in [0.2, 0.25) is 0 Å². The van der Waals surface area contributed by atoms with Crippen LogP contribution in [0, 0.1) is 30.9 Å². The van der Waals surface area contributed by atoms with Crippen LogP contribution in [0.4, 0.5) is 11.5 Å². The van der Waals surface area contributed by atoms with Crippen molar-refractivity contribution in [1.29, 1.82) is 0 Å².